The van der Waals surface area contributed by atoms with Crippen LogP contribution in [0.2, 0.25) is 0 Å². The molecule has 0 saturated heterocycles. The Bertz CT molecular complexity index is 1030. The van der Waals surface area contributed by atoms with Crippen LogP contribution in [0.3, 0.4) is 0 Å². The molecule has 0 bridgehead atoms. The molecule has 1 fully saturated rings. The molecule has 33 heavy (non-hydrogen) atoms. The number of benzene rings is 2. The molecule has 1 aliphatic rings. The highest BCUT2D eigenvalue weighted by molar-refractivity contribution is 5.94. The fourth-order valence-corrected chi connectivity index (χ4v) is 4.27. The number of nitrogens with one attached hydrogen (secondary N) is 1. The Morgan fingerprint density at radius 3 is 2.27 bits per heavy atom. The normalized spacial score (nSPS) is 14.0. The first kappa shape index (κ1) is 22.7. The van der Waals surface area contributed by atoms with E-state index >= 15 is 0 Å². The number of carbonyl (C=O) groups excluding carboxylic acids is 1. The Morgan fingerprint density at radius 2 is 1.67 bits per heavy atom. The highest BCUT2D eigenvalue weighted by Crippen LogP contribution is 2.25. The van der Waals surface area contributed by atoms with Gasteiger partial charge in [0.15, 0.2) is 0 Å². The molecule has 4 rings (SSSR count). The van der Waals surface area contributed by atoms with Gasteiger partial charge in [-0.15, -0.1) is 0 Å². The predicted octanol–water partition coefficient (Wildman–Crippen LogP) is 4.66. The Kier molecular flexibility index (Phi) is 7.52. The number of methoxy groups -OCH3 is 1. The number of anilines is 2. The molecule has 0 atom stereocenters. The van der Waals surface area contributed by atoms with Crippen molar-refractivity contribution in [3.63, 3.8) is 0 Å². The molecule has 0 unspecified atom stereocenters. The number of amides is 1. The fraction of sp³-hybridized carbons (Fsp3) is 0.346. The first-order chi connectivity index (χ1) is 16.2. The van der Waals surface area contributed by atoms with E-state index in [1.807, 2.05) is 53.4 Å². The van der Waals surface area contributed by atoms with Gasteiger partial charge in [0, 0.05) is 41.8 Å². The number of carbonyl (C=O) groups is 1. The largest absolute Gasteiger partial charge is 0.497 e. The smallest absolute Gasteiger partial charge is 0.254 e. The van der Waals surface area contributed by atoms with Crippen molar-refractivity contribution < 1.29 is 14.6 Å². The molecule has 2 aromatic carbocycles. The van der Waals surface area contributed by atoms with Crippen LogP contribution in [0, 0.1) is 0 Å². The van der Waals surface area contributed by atoms with Crippen molar-refractivity contribution in [2.24, 2.45) is 0 Å². The lowest BCUT2D eigenvalue weighted by atomic mass is 9.93. The van der Waals surface area contributed by atoms with Gasteiger partial charge in [0.1, 0.15) is 5.75 Å². The van der Waals surface area contributed by atoms with Gasteiger partial charge in [-0.3, -0.25) is 4.79 Å². The summed E-state index contributed by atoms with van der Waals surface area (Å²) in [5.41, 5.74) is 3.34. The number of aromatic nitrogens is 2. The van der Waals surface area contributed by atoms with Crippen LogP contribution in [-0.4, -0.2) is 52.2 Å². The zero-order valence-electron chi connectivity index (χ0n) is 18.9. The summed E-state index contributed by atoms with van der Waals surface area (Å²) in [6.07, 6.45) is 9.06. The van der Waals surface area contributed by atoms with Crippen molar-refractivity contribution >= 4 is 17.5 Å². The topological polar surface area (TPSA) is 87.6 Å². The average Bonchev–Trinajstić information content (AvgIpc) is 2.88. The highest BCUT2D eigenvalue weighted by atomic mass is 16.5. The van der Waals surface area contributed by atoms with Gasteiger partial charge in [0.2, 0.25) is 5.95 Å². The minimum Gasteiger partial charge on any atom is -0.497 e. The van der Waals surface area contributed by atoms with E-state index in [2.05, 4.69) is 15.3 Å². The monoisotopic (exact) mass is 446 g/mol. The number of rotatable bonds is 8. The zero-order valence-corrected chi connectivity index (χ0v) is 18.9. The summed E-state index contributed by atoms with van der Waals surface area (Å²) >= 11 is 0. The second-order valence-electron chi connectivity index (χ2n) is 8.24. The summed E-state index contributed by atoms with van der Waals surface area (Å²) in [4.78, 5) is 23.7. The van der Waals surface area contributed by atoms with Gasteiger partial charge in [-0.25, -0.2) is 9.97 Å². The SMILES string of the molecule is COc1ccc(-c2cnc(Nc3ccc(C(=O)N(CCO)C4CCCCC4)cc3)nc2)cc1. The maximum Gasteiger partial charge on any atom is 0.254 e. The van der Waals surface area contributed by atoms with Gasteiger partial charge < -0.3 is 20.1 Å². The highest BCUT2D eigenvalue weighted by Gasteiger charge is 2.25. The fourth-order valence-electron chi connectivity index (χ4n) is 4.27. The lowest BCUT2D eigenvalue weighted by Crippen LogP contribution is -2.43. The van der Waals surface area contributed by atoms with Crippen LogP contribution in [0.4, 0.5) is 11.6 Å². The first-order valence-corrected chi connectivity index (χ1v) is 11.4. The third-order valence-electron chi connectivity index (χ3n) is 6.08. The van der Waals surface area contributed by atoms with E-state index in [0.29, 0.717) is 18.1 Å². The number of nitrogens with zero attached hydrogens (tertiary/aromatic N) is 3. The summed E-state index contributed by atoms with van der Waals surface area (Å²) in [6.45, 7) is 0.351. The Balaban J connectivity index is 1.40. The Hall–Kier alpha value is -3.45. The molecule has 1 amide bonds. The summed E-state index contributed by atoms with van der Waals surface area (Å²) in [5.74, 6) is 1.26. The van der Waals surface area contributed by atoms with Crippen molar-refractivity contribution in [2.75, 3.05) is 25.6 Å². The second kappa shape index (κ2) is 10.9. The molecule has 1 aliphatic carbocycles. The molecule has 172 valence electrons. The van der Waals surface area contributed by atoms with Crippen LogP contribution in [0.25, 0.3) is 11.1 Å². The maximum absolute atomic E-state index is 13.1. The quantitative estimate of drug-likeness (QED) is 0.523. The zero-order chi connectivity index (χ0) is 23.0. The minimum atomic E-state index is -0.0254. The number of aliphatic hydroxyl groups is 1. The number of hydrogen-bond acceptors (Lipinski definition) is 6. The molecule has 7 nitrogen and oxygen atoms in total. The summed E-state index contributed by atoms with van der Waals surface area (Å²) in [6, 6.07) is 15.3. The second-order valence-corrected chi connectivity index (χ2v) is 8.24. The van der Waals surface area contributed by atoms with Crippen LogP contribution < -0.4 is 10.1 Å². The van der Waals surface area contributed by atoms with Crippen molar-refractivity contribution in [3.05, 3.63) is 66.5 Å². The first-order valence-electron chi connectivity index (χ1n) is 11.4. The number of hydrogen-bond donors (Lipinski definition) is 2. The van der Waals surface area contributed by atoms with Crippen molar-refractivity contribution in [3.8, 4) is 16.9 Å². The number of ether oxygens (including phenoxy) is 1. The van der Waals surface area contributed by atoms with E-state index in [-0.39, 0.29) is 18.6 Å². The standard InChI is InChI=1S/C26H30N4O3/c1-33-24-13-9-19(10-14-24)21-17-27-26(28-18-21)29-22-11-7-20(8-12-22)25(32)30(15-16-31)23-5-3-2-4-6-23/h7-14,17-18,23,31H,2-6,15-16H2,1H3,(H,27,28,29). The third-order valence-corrected chi connectivity index (χ3v) is 6.08. The van der Waals surface area contributed by atoms with E-state index in [0.717, 1.165) is 48.2 Å². The molecule has 2 N–H and O–H groups in total. The lowest BCUT2D eigenvalue weighted by molar-refractivity contribution is 0.0585. The van der Waals surface area contributed by atoms with E-state index in [1.165, 1.54) is 6.42 Å². The maximum atomic E-state index is 13.1. The molecule has 3 aromatic rings. The Labute approximate surface area is 194 Å². The van der Waals surface area contributed by atoms with Crippen LogP contribution in [-0.2, 0) is 0 Å². The van der Waals surface area contributed by atoms with E-state index < -0.39 is 0 Å². The van der Waals surface area contributed by atoms with Crippen molar-refractivity contribution in [2.45, 2.75) is 38.1 Å². The van der Waals surface area contributed by atoms with E-state index in [1.54, 1.807) is 19.5 Å². The van der Waals surface area contributed by atoms with Crippen LogP contribution in [0.15, 0.2) is 60.9 Å². The molecule has 1 saturated carbocycles. The van der Waals surface area contributed by atoms with Crippen LogP contribution in [0.5, 0.6) is 5.75 Å². The molecule has 7 heteroatoms. The predicted molar refractivity (Wildman–Crippen MR) is 129 cm³/mol. The van der Waals surface area contributed by atoms with Crippen molar-refractivity contribution in [1.82, 2.24) is 14.9 Å². The number of aliphatic hydroxyl groups excluding tert-OH is 1. The summed E-state index contributed by atoms with van der Waals surface area (Å²) in [5, 5.41) is 12.6. The molecule has 0 radical (unpaired) electrons. The molecule has 1 aromatic heterocycles. The molecule has 1 heterocycles. The van der Waals surface area contributed by atoms with Gasteiger partial charge in [-0.05, 0) is 54.8 Å². The van der Waals surface area contributed by atoms with Crippen LogP contribution >= 0.6 is 0 Å². The van der Waals surface area contributed by atoms with Gasteiger partial charge >= 0.3 is 0 Å². The molecule has 0 spiro atoms. The van der Waals surface area contributed by atoms with Gasteiger partial charge in [0.25, 0.3) is 5.91 Å². The molecular weight excluding hydrogens is 416 g/mol. The molecular formula is C26H30N4O3. The van der Waals surface area contributed by atoms with E-state index in [4.69, 9.17) is 4.74 Å². The van der Waals surface area contributed by atoms with Gasteiger partial charge in [0.05, 0.1) is 13.7 Å². The molecule has 0 aliphatic heterocycles. The van der Waals surface area contributed by atoms with Gasteiger partial charge in [-0.2, -0.15) is 0 Å². The summed E-state index contributed by atoms with van der Waals surface area (Å²) < 4.78 is 5.19. The van der Waals surface area contributed by atoms with Gasteiger partial charge in [-0.1, -0.05) is 31.4 Å². The Morgan fingerprint density at radius 1 is 1.00 bits per heavy atom. The van der Waals surface area contributed by atoms with Crippen molar-refractivity contribution in [1.29, 1.82) is 0 Å². The minimum absolute atomic E-state index is 0.0221. The summed E-state index contributed by atoms with van der Waals surface area (Å²) in [7, 11) is 1.64. The lowest BCUT2D eigenvalue weighted by Gasteiger charge is -2.34. The third kappa shape index (κ3) is 5.68. The van der Waals surface area contributed by atoms with Crippen LogP contribution in [0.1, 0.15) is 42.5 Å². The average molecular weight is 447 g/mol. The van der Waals surface area contributed by atoms with E-state index in [9.17, 15) is 9.90 Å².